The van der Waals surface area contributed by atoms with Crippen LogP contribution in [-0.2, 0) is 10.0 Å². The molecule has 2 N–H and O–H groups in total. The lowest BCUT2D eigenvalue weighted by Gasteiger charge is -2.28. The molecule has 1 unspecified atom stereocenters. The molecule has 4 nitrogen and oxygen atoms in total. The molecule has 0 radical (unpaired) electrons. The van der Waals surface area contributed by atoms with Crippen LogP contribution in [0.25, 0.3) is 0 Å². The van der Waals surface area contributed by atoms with Gasteiger partial charge in [0.15, 0.2) is 0 Å². The molecular weight excluding hydrogens is 262 g/mol. The van der Waals surface area contributed by atoms with Crippen molar-refractivity contribution in [2.75, 3.05) is 0 Å². The van der Waals surface area contributed by atoms with Crippen molar-refractivity contribution >= 4 is 21.6 Å². The zero-order chi connectivity index (χ0) is 13.3. The molecule has 0 amide bonds. The maximum absolute atomic E-state index is 12.0. The third-order valence-corrected chi connectivity index (χ3v) is 4.51. The first-order valence-corrected chi connectivity index (χ1v) is 6.99. The molecule has 0 aliphatic heterocycles. The number of halogens is 1. The fraction of sp³-hybridized carbons (Fsp3) is 0.455. The molecule has 0 fully saturated rings. The van der Waals surface area contributed by atoms with Crippen LogP contribution >= 0.6 is 11.6 Å². The number of hydrogen-bond donors (Lipinski definition) is 2. The Labute approximate surface area is 107 Å². The van der Waals surface area contributed by atoms with Gasteiger partial charge in [-0.25, -0.2) is 13.1 Å². The predicted molar refractivity (Wildman–Crippen MR) is 67.5 cm³/mol. The Morgan fingerprint density at radius 3 is 2.18 bits per heavy atom. The zero-order valence-electron chi connectivity index (χ0n) is 9.94. The van der Waals surface area contributed by atoms with Gasteiger partial charge in [0.1, 0.15) is 0 Å². The molecule has 0 bridgehead atoms. The Kier molecular flexibility index (Phi) is 4.19. The first-order valence-electron chi connectivity index (χ1n) is 5.13. The number of aliphatic hydroxyl groups excluding tert-OH is 1. The molecule has 1 rings (SSSR count). The number of hydrogen-bond acceptors (Lipinski definition) is 3. The Balaban J connectivity index is 3.01. The summed E-state index contributed by atoms with van der Waals surface area (Å²) in [7, 11) is -3.65. The molecule has 6 heteroatoms. The number of nitrogens with one attached hydrogen (secondary N) is 1. The van der Waals surface area contributed by atoms with Crippen LogP contribution in [-0.4, -0.2) is 25.2 Å². The van der Waals surface area contributed by atoms with E-state index in [-0.39, 0.29) is 4.90 Å². The van der Waals surface area contributed by atoms with Gasteiger partial charge < -0.3 is 5.11 Å². The SMILES string of the molecule is CC(O)C(C)(C)NS(=O)(=O)c1ccc(Cl)cc1. The minimum Gasteiger partial charge on any atom is -0.391 e. The summed E-state index contributed by atoms with van der Waals surface area (Å²) < 4.78 is 26.4. The third-order valence-electron chi connectivity index (χ3n) is 2.57. The average Bonchev–Trinajstić information content (AvgIpc) is 2.16. The highest BCUT2D eigenvalue weighted by atomic mass is 35.5. The monoisotopic (exact) mass is 277 g/mol. The molecule has 0 saturated carbocycles. The molecule has 0 spiro atoms. The molecule has 1 aromatic carbocycles. The van der Waals surface area contributed by atoms with Crippen LogP contribution in [0.15, 0.2) is 29.2 Å². The van der Waals surface area contributed by atoms with Gasteiger partial charge in [-0.2, -0.15) is 0 Å². The van der Waals surface area contributed by atoms with Gasteiger partial charge in [-0.15, -0.1) is 0 Å². The number of rotatable bonds is 4. The summed E-state index contributed by atoms with van der Waals surface area (Å²) in [6, 6.07) is 5.85. The first-order chi connectivity index (χ1) is 7.65. The second kappa shape index (κ2) is 4.94. The van der Waals surface area contributed by atoms with Crippen molar-refractivity contribution in [1.82, 2.24) is 4.72 Å². The minimum absolute atomic E-state index is 0.121. The van der Waals surface area contributed by atoms with E-state index in [0.717, 1.165) is 0 Å². The molecule has 0 heterocycles. The standard InChI is InChI=1S/C11H16ClNO3S/c1-8(14)11(2,3)13-17(15,16)10-6-4-9(12)5-7-10/h4-8,13-14H,1-3H3. The summed E-state index contributed by atoms with van der Waals surface area (Å²) in [5, 5.41) is 9.96. The largest absolute Gasteiger partial charge is 0.391 e. The minimum atomic E-state index is -3.65. The van der Waals surface area contributed by atoms with E-state index in [4.69, 9.17) is 11.6 Å². The van der Waals surface area contributed by atoms with E-state index >= 15 is 0 Å². The lowest BCUT2D eigenvalue weighted by molar-refractivity contribution is 0.111. The summed E-state index contributed by atoms with van der Waals surface area (Å²) >= 11 is 5.69. The van der Waals surface area contributed by atoms with Crippen molar-refractivity contribution in [2.24, 2.45) is 0 Å². The lowest BCUT2D eigenvalue weighted by atomic mass is 10.0. The van der Waals surface area contributed by atoms with Gasteiger partial charge in [0.2, 0.25) is 10.0 Å². The highest BCUT2D eigenvalue weighted by Crippen LogP contribution is 2.17. The smallest absolute Gasteiger partial charge is 0.241 e. The van der Waals surface area contributed by atoms with Crippen LogP contribution in [0.2, 0.25) is 5.02 Å². The summed E-state index contributed by atoms with van der Waals surface area (Å²) in [5.74, 6) is 0. The van der Waals surface area contributed by atoms with Crippen LogP contribution in [0.4, 0.5) is 0 Å². The second-order valence-electron chi connectivity index (χ2n) is 4.46. The number of aliphatic hydroxyl groups is 1. The molecule has 0 aromatic heterocycles. The summed E-state index contributed by atoms with van der Waals surface area (Å²) in [5.41, 5.74) is -0.932. The van der Waals surface area contributed by atoms with E-state index in [1.807, 2.05) is 0 Å². The predicted octanol–water partition coefficient (Wildman–Crippen LogP) is 1.78. The molecule has 0 aliphatic carbocycles. The van der Waals surface area contributed by atoms with Crippen molar-refractivity contribution in [2.45, 2.75) is 37.3 Å². The van der Waals surface area contributed by atoms with Gasteiger partial charge >= 0.3 is 0 Å². The zero-order valence-corrected chi connectivity index (χ0v) is 11.5. The van der Waals surface area contributed by atoms with Crippen LogP contribution < -0.4 is 4.72 Å². The van der Waals surface area contributed by atoms with Crippen LogP contribution in [0.1, 0.15) is 20.8 Å². The van der Waals surface area contributed by atoms with Gasteiger partial charge in [0.05, 0.1) is 16.5 Å². The van der Waals surface area contributed by atoms with Crippen molar-refractivity contribution in [3.63, 3.8) is 0 Å². The highest BCUT2D eigenvalue weighted by Gasteiger charge is 2.30. The summed E-state index contributed by atoms with van der Waals surface area (Å²) in [6.07, 6.45) is -0.801. The van der Waals surface area contributed by atoms with E-state index in [2.05, 4.69) is 4.72 Å². The first kappa shape index (κ1) is 14.4. The number of benzene rings is 1. The molecule has 0 aliphatic rings. The number of sulfonamides is 1. The van der Waals surface area contributed by atoms with E-state index < -0.39 is 21.7 Å². The van der Waals surface area contributed by atoms with E-state index in [1.165, 1.54) is 31.2 Å². The Hall–Kier alpha value is -0.620. The van der Waals surface area contributed by atoms with Crippen molar-refractivity contribution in [3.05, 3.63) is 29.3 Å². The van der Waals surface area contributed by atoms with Crippen LogP contribution in [0.5, 0.6) is 0 Å². The Bertz CT molecular complexity index is 480. The van der Waals surface area contributed by atoms with Gasteiger partial charge in [-0.1, -0.05) is 11.6 Å². The Morgan fingerprint density at radius 1 is 1.29 bits per heavy atom. The van der Waals surface area contributed by atoms with Crippen LogP contribution in [0, 0.1) is 0 Å². The lowest BCUT2D eigenvalue weighted by Crippen LogP contribution is -2.50. The van der Waals surface area contributed by atoms with E-state index in [0.29, 0.717) is 5.02 Å². The normalized spacial score (nSPS) is 14.6. The van der Waals surface area contributed by atoms with Crippen molar-refractivity contribution in [3.8, 4) is 0 Å². The van der Waals surface area contributed by atoms with E-state index in [9.17, 15) is 13.5 Å². The maximum atomic E-state index is 12.0. The van der Waals surface area contributed by atoms with Gasteiger partial charge in [0, 0.05) is 5.02 Å². The molecule has 96 valence electrons. The molecule has 17 heavy (non-hydrogen) atoms. The summed E-state index contributed by atoms with van der Waals surface area (Å²) in [6.45, 7) is 4.76. The highest BCUT2D eigenvalue weighted by molar-refractivity contribution is 7.89. The molecule has 1 aromatic rings. The second-order valence-corrected chi connectivity index (χ2v) is 6.58. The van der Waals surface area contributed by atoms with Crippen molar-refractivity contribution < 1.29 is 13.5 Å². The third kappa shape index (κ3) is 3.67. The molecular formula is C11H16ClNO3S. The fourth-order valence-electron chi connectivity index (χ4n) is 1.10. The van der Waals surface area contributed by atoms with Gasteiger partial charge in [0.25, 0.3) is 0 Å². The van der Waals surface area contributed by atoms with Crippen LogP contribution in [0.3, 0.4) is 0 Å². The van der Waals surface area contributed by atoms with E-state index in [1.54, 1.807) is 13.8 Å². The molecule has 1 atom stereocenters. The van der Waals surface area contributed by atoms with Crippen molar-refractivity contribution in [1.29, 1.82) is 0 Å². The van der Waals surface area contributed by atoms with Gasteiger partial charge in [-0.05, 0) is 45.0 Å². The average molecular weight is 278 g/mol. The quantitative estimate of drug-likeness (QED) is 0.882. The van der Waals surface area contributed by atoms with Gasteiger partial charge in [-0.3, -0.25) is 0 Å². The topological polar surface area (TPSA) is 66.4 Å². The molecule has 0 saturated heterocycles. The Morgan fingerprint density at radius 2 is 1.76 bits per heavy atom. The fourth-order valence-corrected chi connectivity index (χ4v) is 2.71. The summed E-state index contributed by atoms with van der Waals surface area (Å²) in [4.78, 5) is 0.121. The maximum Gasteiger partial charge on any atom is 0.241 e.